The van der Waals surface area contributed by atoms with Crippen LogP contribution in [0.1, 0.15) is 15.9 Å². The number of carbonyl (C=O) groups excluding carboxylic acids is 1. The molecule has 0 bridgehead atoms. The van der Waals surface area contributed by atoms with Crippen molar-refractivity contribution in [1.82, 2.24) is 0 Å². The van der Waals surface area contributed by atoms with Gasteiger partial charge in [-0.05, 0) is 12.1 Å². The van der Waals surface area contributed by atoms with Crippen LogP contribution in [0.4, 0.5) is 5.69 Å². The Labute approximate surface area is 88.6 Å². The first-order chi connectivity index (χ1) is 6.20. The zero-order valence-corrected chi connectivity index (χ0v) is 8.64. The molecule has 14 heavy (non-hydrogen) atoms. The fourth-order valence-electron chi connectivity index (χ4n) is 1.13. The number of hydrogen-bond acceptors (Lipinski definition) is 4. The molecule has 0 heterocycles. The van der Waals surface area contributed by atoms with Gasteiger partial charge in [0.25, 0.3) is 0 Å². The van der Waals surface area contributed by atoms with Crippen molar-refractivity contribution in [3.8, 4) is 0 Å². The van der Waals surface area contributed by atoms with Crippen LogP contribution in [-0.2, 0) is 11.3 Å². The second-order valence-electron chi connectivity index (χ2n) is 2.57. The van der Waals surface area contributed by atoms with E-state index in [-0.39, 0.29) is 19.0 Å². The Hall–Kier alpha value is -1.26. The normalized spacial score (nSPS) is 9.00. The van der Waals surface area contributed by atoms with Gasteiger partial charge in [0.15, 0.2) is 0 Å². The molecule has 0 aliphatic heterocycles. The number of anilines is 1. The first-order valence-electron chi connectivity index (χ1n) is 3.86. The zero-order chi connectivity index (χ0) is 9.84. The van der Waals surface area contributed by atoms with Crippen molar-refractivity contribution >= 4 is 24.1 Å². The molecular weight excluding hydrogens is 204 g/mol. The lowest BCUT2D eigenvalue weighted by Gasteiger charge is -2.07. The molecule has 0 amide bonds. The van der Waals surface area contributed by atoms with Gasteiger partial charge in [0.1, 0.15) is 0 Å². The molecule has 1 rings (SSSR count). The minimum absolute atomic E-state index is 0. The molecule has 0 spiro atoms. The number of nitrogen functional groups attached to an aromatic ring is 1. The number of ether oxygens (including phenoxy) is 1. The predicted molar refractivity (Wildman–Crippen MR) is 57.3 cm³/mol. The summed E-state index contributed by atoms with van der Waals surface area (Å²) in [5.74, 6) is -0.409. The molecule has 0 aliphatic carbocycles. The zero-order valence-electron chi connectivity index (χ0n) is 7.82. The molecule has 1 aromatic carbocycles. The van der Waals surface area contributed by atoms with Crippen molar-refractivity contribution in [2.75, 3.05) is 12.8 Å². The number of rotatable bonds is 2. The van der Waals surface area contributed by atoms with E-state index >= 15 is 0 Å². The summed E-state index contributed by atoms with van der Waals surface area (Å²) in [5, 5.41) is 0. The molecule has 4 nitrogen and oxygen atoms in total. The minimum Gasteiger partial charge on any atom is -0.465 e. The lowest BCUT2D eigenvalue weighted by Crippen LogP contribution is -2.11. The van der Waals surface area contributed by atoms with Crippen molar-refractivity contribution in [3.05, 3.63) is 29.3 Å². The second-order valence-corrected chi connectivity index (χ2v) is 2.57. The summed E-state index contributed by atoms with van der Waals surface area (Å²) >= 11 is 0. The van der Waals surface area contributed by atoms with Gasteiger partial charge in [-0.2, -0.15) is 0 Å². The van der Waals surface area contributed by atoms with Crippen LogP contribution in [0.2, 0.25) is 0 Å². The van der Waals surface area contributed by atoms with Gasteiger partial charge in [-0.25, -0.2) is 4.79 Å². The monoisotopic (exact) mass is 216 g/mol. The molecule has 0 atom stereocenters. The molecule has 1 aromatic rings. The molecule has 4 N–H and O–H groups in total. The number of carbonyl (C=O) groups is 1. The van der Waals surface area contributed by atoms with E-state index in [1.54, 1.807) is 18.2 Å². The Morgan fingerprint density at radius 2 is 2.14 bits per heavy atom. The quantitative estimate of drug-likeness (QED) is 0.570. The third kappa shape index (κ3) is 2.37. The van der Waals surface area contributed by atoms with Crippen molar-refractivity contribution in [2.24, 2.45) is 5.73 Å². The SMILES string of the molecule is COC(=O)c1cccc(N)c1CN.Cl. The van der Waals surface area contributed by atoms with E-state index < -0.39 is 5.97 Å². The molecule has 0 aliphatic rings. The van der Waals surface area contributed by atoms with E-state index in [4.69, 9.17) is 11.5 Å². The molecule has 0 radical (unpaired) electrons. The Kier molecular flexibility index (Phi) is 4.97. The largest absolute Gasteiger partial charge is 0.465 e. The van der Waals surface area contributed by atoms with Crippen LogP contribution in [-0.4, -0.2) is 13.1 Å². The highest BCUT2D eigenvalue weighted by atomic mass is 35.5. The summed E-state index contributed by atoms with van der Waals surface area (Å²) in [4.78, 5) is 11.2. The van der Waals surface area contributed by atoms with Gasteiger partial charge in [0.05, 0.1) is 12.7 Å². The summed E-state index contributed by atoms with van der Waals surface area (Å²) in [6.07, 6.45) is 0. The van der Waals surface area contributed by atoms with Crippen LogP contribution >= 0.6 is 12.4 Å². The number of hydrogen-bond donors (Lipinski definition) is 2. The Morgan fingerprint density at radius 3 is 2.64 bits per heavy atom. The Morgan fingerprint density at radius 1 is 1.50 bits per heavy atom. The van der Waals surface area contributed by atoms with Crippen molar-refractivity contribution in [2.45, 2.75) is 6.54 Å². The predicted octanol–water partition coefficient (Wildman–Crippen LogP) is 0.936. The van der Waals surface area contributed by atoms with E-state index in [0.29, 0.717) is 16.8 Å². The van der Waals surface area contributed by atoms with Gasteiger partial charge >= 0.3 is 5.97 Å². The highest BCUT2D eigenvalue weighted by molar-refractivity contribution is 5.92. The van der Waals surface area contributed by atoms with Crippen LogP contribution in [0.3, 0.4) is 0 Å². The Bertz CT molecular complexity index is 329. The molecule has 0 saturated carbocycles. The van der Waals surface area contributed by atoms with E-state index in [9.17, 15) is 4.79 Å². The fourth-order valence-corrected chi connectivity index (χ4v) is 1.13. The number of methoxy groups -OCH3 is 1. The van der Waals surface area contributed by atoms with Gasteiger partial charge in [0, 0.05) is 17.8 Å². The van der Waals surface area contributed by atoms with E-state index in [1.807, 2.05) is 0 Å². The van der Waals surface area contributed by atoms with Crippen LogP contribution in [0.15, 0.2) is 18.2 Å². The van der Waals surface area contributed by atoms with Gasteiger partial charge < -0.3 is 16.2 Å². The summed E-state index contributed by atoms with van der Waals surface area (Å²) in [7, 11) is 1.33. The van der Waals surface area contributed by atoms with Crippen LogP contribution < -0.4 is 11.5 Å². The lowest BCUT2D eigenvalue weighted by atomic mass is 10.1. The first-order valence-corrected chi connectivity index (χ1v) is 3.86. The molecule has 0 saturated heterocycles. The van der Waals surface area contributed by atoms with E-state index in [1.165, 1.54) is 7.11 Å². The molecule has 0 unspecified atom stereocenters. The van der Waals surface area contributed by atoms with Crippen LogP contribution in [0.25, 0.3) is 0 Å². The third-order valence-electron chi connectivity index (χ3n) is 1.82. The van der Waals surface area contributed by atoms with Crippen LogP contribution in [0.5, 0.6) is 0 Å². The van der Waals surface area contributed by atoms with E-state index in [0.717, 1.165) is 0 Å². The number of halogens is 1. The second kappa shape index (κ2) is 5.47. The Balaban J connectivity index is 0.00000169. The maximum Gasteiger partial charge on any atom is 0.338 e. The molecule has 78 valence electrons. The maximum absolute atomic E-state index is 11.2. The maximum atomic E-state index is 11.2. The van der Waals surface area contributed by atoms with Crippen LogP contribution in [0, 0.1) is 0 Å². The molecule has 0 fully saturated rings. The third-order valence-corrected chi connectivity index (χ3v) is 1.82. The van der Waals surface area contributed by atoms with Crippen molar-refractivity contribution < 1.29 is 9.53 Å². The summed E-state index contributed by atoms with van der Waals surface area (Å²) < 4.78 is 4.58. The fraction of sp³-hybridized carbons (Fsp3) is 0.222. The van der Waals surface area contributed by atoms with Gasteiger partial charge in [-0.15, -0.1) is 12.4 Å². The summed E-state index contributed by atoms with van der Waals surface area (Å²) in [6.45, 7) is 0.233. The number of esters is 1. The van der Waals surface area contributed by atoms with Gasteiger partial charge in [-0.3, -0.25) is 0 Å². The highest BCUT2D eigenvalue weighted by Crippen LogP contribution is 2.16. The van der Waals surface area contributed by atoms with Gasteiger partial charge in [0.2, 0.25) is 0 Å². The lowest BCUT2D eigenvalue weighted by molar-refractivity contribution is 0.0599. The molecule has 0 aromatic heterocycles. The van der Waals surface area contributed by atoms with Gasteiger partial charge in [-0.1, -0.05) is 6.07 Å². The first kappa shape index (κ1) is 12.7. The number of nitrogens with two attached hydrogens (primary N) is 2. The average molecular weight is 217 g/mol. The number of benzene rings is 1. The smallest absolute Gasteiger partial charge is 0.338 e. The highest BCUT2D eigenvalue weighted by Gasteiger charge is 2.11. The molecule has 5 heteroatoms. The topological polar surface area (TPSA) is 78.3 Å². The van der Waals surface area contributed by atoms with Crippen molar-refractivity contribution in [1.29, 1.82) is 0 Å². The average Bonchev–Trinajstić information content (AvgIpc) is 2.16. The summed E-state index contributed by atoms with van der Waals surface area (Å²) in [5.41, 5.74) is 12.7. The van der Waals surface area contributed by atoms with Crippen molar-refractivity contribution in [3.63, 3.8) is 0 Å². The summed E-state index contributed by atoms with van der Waals surface area (Å²) in [6, 6.07) is 5.04. The molecular formula is C9H13ClN2O2. The minimum atomic E-state index is -0.409. The van der Waals surface area contributed by atoms with E-state index in [2.05, 4.69) is 4.74 Å². The standard InChI is InChI=1S/C9H12N2O2.ClH/c1-13-9(12)6-3-2-4-8(11)7(6)5-10;/h2-4H,5,10-11H2,1H3;1H.